The van der Waals surface area contributed by atoms with Crippen molar-refractivity contribution in [2.24, 2.45) is 0 Å². The minimum absolute atomic E-state index is 0.303. The molecule has 1 heterocycles. The van der Waals surface area contributed by atoms with E-state index in [0.29, 0.717) is 12.3 Å². The molecule has 3 aromatic rings. The first-order valence-corrected chi connectivity index (χ1v) is 8.33. The third-order valence-corrected chi connectivity index (χ3v) is 4.15. The van der Waals surface area contributed by atoms with E-state index < -0.39 is 0 Å². The number of pyridine rings is 1. The van der Waals surface area contributed by atoms with Crippen molar-refractivity contribution in [2.75, 3.05) is 13.7 Å². The predicted molar refractivity (Wildman–Crippen MR) is 99.7 cm³/mol. The number of hydrogen-bond donors (Lipinski definition) is 2. The third kappa shape index (κ3) is 4.37. The number of rotatable bonds is 7. The zero-order valence-corrected chi connectivity index (χ0v) is 14.3. The lowest BCUT2D eigenvalue weighted by Crippen LogP contribution is -2.17. The second-order valence-corrected chi connectivity index (χ2v) is 5.82. The topological polar surface area (TPSA) is 54.4 Å². The lowest BCUT2D eigenvalue weighted by Gasteiger charge is -2.11. The number of phenols is 1. The van der Waals surface area contributed by atoms with Gasteiger partial charge in [0.25, 0.3) is 0 Å². The predicted octanol–water partition coefficient (Wildman–Crippen LogP) is 3.80. The van der Waals surface area contributed by atoms with Crippen LogP contribution in [0.4, 0.5) is 0 Å². The van der Waals surface area contributed by atoms with Crippen molar-refractivity contribution in [1.82, 2.24) is 10.3 Å². The first-order chi connectivity index (χ1) is 12.3. The van der Waals surface area contributed by atoms with Crippen molar-refractivity contribution in [2.45, 2.75) is 13.0 Å². The number of nitrogens with one attached hydrogen (secondary N) is 1. The Morgan fingerprint density at radius 3 is 2.68 bits per heavy atom. The zero-order chi connectivity index (χ0) is 17.5. The molecule has 0 aliphatic rings. The summed E-state index contributed by atoms with van der Waals surface area (Å²) < 4.78 is 5.37. The average Bonchev–Trinajstić information content (AvgIpc) is 2.67. The van der Waals surface area contributed by atoms with Crippen LogP contribution in [0.2, 0.25) is 0 Å². The van der Waals surface area contributed by atoms with Crippen LogP contribution in [0.25, 0.3) is 11.1 Å². The van der Waals surface area contributed by atoms with Gasteiger partial charge in [-0.1, -0.05) is 30.3 Å². The highest BCUT2D eigenvalue weighted by Crippen LogP contribution is 2.25. The first-order valence-electron chi connectivity index (χ1n) is 8.33. The highest BCUT2D eigenvalue weighted by atomic mass is 16.5. The van der Waals surface area contributed by atoms with Gasteiger partial charge in [0, 0.05) is 30.1 Å². The molecule has 0 aliphatic carbocycles. The maximum absolute atomic E-state index is 10.1. The second kappa shape index (κ2) is 8.31. The Morgan fingerprint density at radius 1 is 1.00 bits per heavy atom. The molecule has 2 aromatic carbocycles. The van der Waals surface area contributed by atoms with Crippen LogP contribution in [0.1, 0.15) is 11.1 Å². The lowest BCUT2D eigenvalue weighted by molar-refractivity contribution is 0.409. The molecule has 0 bridgehead atoms. The molecule has 0 saturated carbocycles. The number of hydrogen-bond acceptors (Lipinski definition) is 4. The molecule has 0 unspecified atom stereocenters. The zero-order valence-electron chi connectivity index (χ0n) is 14.3. The minimum atomic E-state index is 0.303. The van der Waals surface area contributed by atoms with Crippen molar-refractivity contribution in [3.63, 3.8) is 0 Å². The molecule has 2 N–H and O–H groups in total. The number of phenolic OH excluding ortho intramolecular Hbond substituents is 1. The van der Waals surface area contributed by atoms with E-state index >= 15 is 0 Å². The van der Waals surface area contributed by atoms with E-state index in [2.05, 4.69) is 16.4 Å². The molecule has 0 aliphatic heterocycles. The molecule has 1 aromatic heterocycles. The summed E-state index contributed by atoms with van der Waals surface area (Å²) in [5, 5.41) is 13.5. The van der Waals surface area contributed by atoms with Crippen LogP contribution in [0.3, 0.4) is 0 Å². The Balaban J connectivity index is 1.61. The molecule has 4 heteroatoms. The van der Waals surface area contributed by atoms with Gasteiger partial charge >= 0.3 is 0 Å². The highest BCUT2D eigenvalue weighted by molar-refractivity contribution is 5.64. The van der Waals surface area contributed by atoms with E-state index in [4.69, 9.17) is 4.74 Å². The molecule has 4 nitrogen and oxygen atoms in total. The van der Waals surface area contributed by atoms with E-state index in [1.165, 1.54) is 5.56 Å². The maximum atomic E-state index is 10.1. The summed E-state index contributed by atoms with van der Waals surface area (Å²) in [6, 6.07) is 17.6. The molecule has 0 atom stereocenters. The van der Waals surface area contributed by atoms with Gasteiger partial charge in [0.15, 0.2) is 0 Å². The normalized spacial score (nSPS) is 10.6. The van der Waals surface area contributed by atoms with Gasteiger partial charge < -0.3 is 15.2 Å². The minimum Gasteiger partial charge on any atom is -0.508 e. The van der Waals surface area contributed by atoms with Crippen molar-refractivity contribution >= 4 is 0 Å². The molecule has 25 heavy (non-hydrogen) atoms. The quantitative estimate of drug-likeness (QED) is 0.646. The van der Waals surface area contributed by atoms with Gasteiger partial charge in [-0.3, -0.25) is 4.98 Å². The third-order valence-electron chi connectivity index (χ3n) is 4.15. The molecule has 0 amide bonds. The summed E-state index contributed by atoms with van der Waals surface area (Å²) in [6.45, 7) is 1.41. The molecule has 128 valence electrons. The average molecular weight is 334 g/mol. The Hall–Kier alpha value is -2.85. The Bertz CT molecular complexity index is 819. The van der Waals surface area contributed by atoms with Crippen LogP contribution in [-0.4, -0.2) is 23.7 Å². The smallest absolute Gasteiger partial charge is 0.122 e. The van der Waals surface area contributed by atoms with Crippen molar-refractivity contribution in [1.29, 1.82) is 0 Å². The first kappa shape index (κ1) is 17.0. The number of ether oxygens (including phenoxy) is 1. The van der Waals surface area contributed by atoms with E-state index in [-0.39, 0.29) is 0 Å². The van der Waals surface area contributed by atoms with Gasteiger partial charge in [-0.25, -0.2) is 0 Å². The number of aromatic nitrogens is 1. The Labute approximate surface area is 148 Å². The number of nitrogens with zero attached hydrogens (tertiary/aromatic N) is 1. The largest absolute Gasteiger partial charge is 0.508 e. The molecular weight excluding hydrogens is 312 g/mol. The highest BCUT2D eigenvalue weighted by Gasteiger charge is 2.06. The summed E-state index contributed by atoms with van der Waals surface area (Å²) >= 11 is 0. The number of methoxy groups -OCH3 is 1. The van der Waals surface area contributed by atoms with Crippen LogP contribution in [0.15, 0.2) is 67.0 Å². The van der Waals surface area contributed by atoms with Crippen LogP contribution >= 0.6 is 0 Å². The van der Waals surface area contributed by atoms with E-state index in [9.17, 15) is 5.11 Å². The SMILES string of the molecule is COc1ccccc1CCNCc1cc(-c2cccnc2)ccc1O. The second-order valence-electron chi connectivity index (χ2n) is 5.82. The van der Waals surface area contributed by atoms with Gasteiger partial charge in [-0.2, -0.15) is 0 Å². The van der Waals surface area contributed by atoms with Crippen molar-refractivity contribution < 1.29 is 9.84 Å². The van der Waals surface area contributed by atoms with E-state index in [1.807, 2.05) is 48.7 Å². The lowest BCUT2D eigenvalue weighted by atomic mass is 10.0. The Morgan fingerprint density at radius 2 is 1.88 bits per heavy atom. The fourth-order valence-corrected chi connectivity index (χ4v) is 2.80. The molecule has 3 rings (SSSR count). The van der Waals surface area contributed by atoms with E-state index in [1.54, 1.807) is 19.4 Å². The van der Waals surface area contributed by atoms with E-state index in [0.717, 1.165) is 35.4 Å². The van der Waals surface area contributed by atoms with Gasteiger partial charge in [-0.15, -0.1) is 0 Å². The standard InChI is InChI=1S/C21H22N2O2/c1-25-21-7-3-2-5-16(21)10-12-23-15-19-13-17(8-9-20(19)24)18-6-4-11-22-14-18/h2-9,11,13-14,23-24H,10,12,15H2,1H3. The number of para-hydroxylation sites is 1. The molecule has 0 fully saturated rings. The van der Waals surface area contributed by atoms with Gasteiger partial charge in [0.05, 0.1) is 7.11 Å². The summed E-state index contributed by atoms with van der Waals surface area (Å²) in [4.78, 5) is 4.15. The van der Waals surface area contributed by atoms with Crippen LogP contribution in [0.5, 0.6) is 11.5 Å². The van der Waals surface area contributed by atoms with Crippen molar-refractivity contribution in [3.8, 4) is 22.6 Å². The van der Waals surface area contributed by atoms with Gasteiger partial charge in [0.2, 0.25) is 0 Å². The number of aromatic hydroxyl groups is 1. The maximum Gasteiger partial charge on any atom is 0.122 e. The fourth-order valence-electron chi connectivity index (χ4n) is 2.80. The van der Waals surface area contributed by atoms with Crippen LogP contribution < -0.4 is 10.1 Å². The molecule has 0 radical (unpaired) electrons. The summed E-state index contributed by atoms with van der Waals surface area (Å²) in [5.74, 6) is 1.21. The van der Waals surface area contributed by atoms with Gasteiger partial charge in [-0.05, 0) is 48.4 Å². The molecule has 0 saturated heterocycles. The summed E-state index contributed by atoms with van der Waals surface area (Å²) in [7, 11) is 1.69. The number of benzene rings is 2. The Kier molecular flexibility index (Phi) is 5.65. The van der Waals surface area contributed by atoms with Crippen molar-refractivity contribution in [3.05, 3.63) is 78.1 Å². The monoisotopic (exact) mass is 334 g/mol. The van der Waals surface area contributed by atoms with Crippen LogP contribution in [-0.2, 0) is 13.0 Å². The van der Waals surface area contributed by atoms with Crippen LogP contribution in [0, 0.1) is 0 Å². The summed E-state index contributed by atoms with van der Waals surface area (Å²) in [6.07, 6.45) is 4.45. The molecular formula is C21H22N2O2. The fraction of sp³-hybridized carbons (Fsp3) is 0.190. The molecule has 0 spiro atoms. The van der Waals surface area contributed by atoms with Gasteiger partial charge in [0.1, 0.15) is 11.5 Å². The summed E-state index contributed by atoms with van der Waals surface area (Å²) in [5.41, 5.74) is 4.14.